The fourth-order valence-corrected chi connectivity index (χ4v) is 3.78. The molecule has 8 heteroatoms. The number of nitrogens with two attached hydrogens (primary N) is 1. The number of anilines is 1. The van der Waals surface area contributed by atoms with Gasteiger partial charge in [-0.1, -0.05) is 0 Å². The molecule has 2 saturated heterocycles. The van der Waals surface area contributed by atoms with Gasteiger partial charge in [-0.05, 0) is 43.5 Å². The molecule has 0 saturated carbocycles. The summed E-state index contributed by atoms with van der Waals surface area (Å²) in [4.78, 5) is 25.6. The van der Waals surface area contributed by atoms with Crippen LogP contribution in [0, 0.1) is 11.3 Å². The van der Waals surface area contributed by atoms with Crippen LogP contribution in [0.25, 0.3) is 0 Å². The second-order valence-corrected chi connectivity index (χ2v) is 7.40. The Morgan fingerprint density at radius 2 is 1.96 bits per heavy atom. The van der Waals surface area contributed by atoms with Crippen molar-refractivity contribution in [3.05, 3.63) is 29.8 Å². The summed E-state index contributed by atoms with van der Waals surface area (Å²) in [7, 11) is 1.33. The molecule has 0 aliphatic carbocycles. The van der Waals surface area contributed by atoms with Crippen molar-refractivity contribution in [3.63, 3.8) is 0 Å². The van der Waals surface area contributed by atoms with Gasteiger partial charge >= 0.3 is 5.97 Å². The molecular weight excluding hydrogens is 360 g/mol. The Hall–Kier alpha value is -2.61. The van der Waals surface area contributed by atoms with E-state index in [0.717, 1.165) is 37.2 Å². The Labute approximate surface area is 164 Å². The summed E-state index contributed by atoms with van der Waals surface area (Å²) in [6.07, 6.45) is 2.74. The number of esters is 1. The first kappa shape index (κ1) is 20.1. The molecular formula is C20H28N4O4. The topological polar surface area (TPSA) is 118 Å². The number of hydrogen-bond donors (Lipinski definition) is 3. The number of methoxy groups -OCH3 is 1. The molecule has 2 fully saturated rings. The van der Waals surface area contributed by atoms with Crippen molar-refractivity contribution in [2.45, 2.75) is 37.8 Å². The smallest absolute Gasteiger partial charge is 0.306 e. The maximum Gasteiger partial charge on any atom is 0.306 e. The van der Waals surface area contributed by atoms with E-state index >= 15 is 0 Å². The fraction of sp³-hybridized carbons (Fsp3) is 0.550. The zero-order chi connectivity index (χ0) is 20.1. The van der Waals surface area contributed by atoms with Gasteiger partial charge in [-0.2, -0.15) is 0 Å². The summed E-state index contributed by atoms with van der Waals surface area (Å²) in [6.45, 7) is 2.26. The molecule has 152 valence electrons. The second kappa shape index (κ2) is 9.05. The van der Waals surface area contributed by atoms with Gasteiger partial charge in [0.05, 0.1) is 38.2 Å². The third-order valence-electron chi connectivity index (χ3n) is 5.45. The molecule has 0 unspecified atom stereocenters. The molecule has 2 aliphatic rings. The Kier molecular flexibility index (Phi) is 6.51. The van der Waals surface area contributed by atoms with E-state index in [1.165, 1.54) is 7.11 Å². The largest absolute Gasteiger partial charge is 0.469 e. The predicted octanol–water partition coefficient (Wildman–Crippen LogP) is 1.02. The van der Waals surface area contributed by atoms with Crippen molar-refractivity contribution < 1.29 is 19.1 Å². The number of carbonyl (C=O) groups is 2. The van der Waals surface area contributed by atoms with Crippen LogP contribution in [0.3, 0.4) is 0 Å². The SMILES string of the molecule is COC(=O)C[C@@H]1C[C@@H](COC2CCN(c3ccc(C(=N)N)cc3)CC2)NC1=O. The molecule has 4 N–H and O–H groups in total. The van der Waals surface area contributed by atoms with Crippen LogP contribution >= 0.6 is 0 Å². The maximum absolute atomic E-state index is 12.0. The highest BCUT2D eigenvalue weighted by Crippen LogP contribution is 2.24. The van der Waals surface area contributed by atoms with Gasteiger partial charge in [-0.15, -0.1) is 0 Å². The van der Waals surface area contributed by atoms with E-state index in [9.17, 15) is 9.59 Å². The standard InChI is InChI=1S/C20H28N4O4/c1-27-18(25)11-14-10-15(23-20(14)26)12-28-17-6-8-24(9-7-17)16-4-2-13(3-5-16)19(21)22/h2-5,14-15,17H,6-12H2,1H3,(H3,21,22)(H,23,26)/t14-,15-/m0/s1. The molecule has 0 radical (unpaired) electrons. The van der Waals surface area contributed by atoms with Crippen LogP contribution in [0.4, 0.5) is 5.69 Å². The molecule has 28 heavy (non-hydrogen) atoms. The quantitative estimate of drug-likeness (QED) is 0.365. The van der Waals surface area contributed by atoms with E-state index in [2.05, 4.69) is 15.0 Å². The zero-order valence-corrected chi connectivity index (χ0v) is 16.1. The molecule has 8 nitrogen and oxygen atoms in total. The Morgan fingerprint density at radius 1 is 1.29 bits per heavy atom. The van der Waals surface area contributed by atoms with Crippen LogP contribution < -0.4 is 16.0 Å². The van der Waals surface area contributed by atoms with Crippen LogP contribution in [0.1, 0.15) is 31.2 Å². The predicted molar refractivity (Wildman–Crippen MR) is 105 cm³/mol. The first-order valence-corrected chi connectivity index (χ1v) is 9.64. The van der Waals surface area contributed by atoms with Crippen molar-refractivity contribution in [2.24, 2.45) is 11.7 Å². The number of amidine groups is 1. The van der Waals surface area contributed by atoms with E-state index in [1.807, 2.05) is 24.3 Å². The molecule has 0 bridgehead atoms. The van der Waals surface area contributed by atoms with Crippen LogP contribution in [0.2, 0.25) is 0 Å². The number of carbonyl (C=O) groups excluding carboxylic acids is 2. The van der Waals surface area contributed by atoms with Crippen LogP contribution in [0.5, 0.6) is 0 Å². The van der Waals surface area contributed by atoms with Gasteiger partial charge in [-0.3, -0.25) is 15.0 Å². The van der Waals surface area contributed by atoms with Crippen molar-refractivity contribution in [2.75, 3.05) is 31.7 Å². The summed E-state index contributed by atoms with van der Waals surface area (Å²) >= 11 is 0. The minimum atomic E-state index is -0.356. The zero-order valence-electron chi connectivity index (χ0n) is 16.1. The Morgan fingerprint density at radius 3 is 2.57 bits per heavy atom. The highest BCUT2D eigenvalue weighted by atomic mass is 16.5. The Bertz CT molecular complexity index is 713. The lowest BCUT2D eigenvalue weighted by molar-refractivity contribution is -0.143. The normalized spacial score (nSPS) is 22.8. The summed E-state index contributed by atoms with van der Waals surface area (Å²) in [5.41, 5.74) is 7.35. The molecule has 1 aromatic carbocycles. The average molecular weight is 388 g/mol. The van der Waals surface area contributed by atoms with Gasteiger partial charge in [0, 0.05) is 24.3 Å². The van der Waals surface area contributed by atoms with E-state index in [4.69, 9.17) is 15.9 Å². The monoisotopic (exact) mass is 388 g/mol. The molecule has 0 aromatic heterocycles. The van der Waals surface area contributed by atoms with Crippen LogP contribution in [-0.4, -0.2) is 56.7 Å². The lowest BCUT2D eigenvalue weighted by Crippen LogP contribution is -2.39. The minimum absolute atomic E-state index is 0.0423. The second-order valence-electron chi connectivity index (χ2n) is 7.40. The number of ether oxygens (including phenoxy) is 2. The first-order chi connectivity index (χ1) is 13.5. The third kappa shape index (κ3) is 5.01. The lowest BCUT2D eigenvalue weighted by Gasteiger charge is -2.34. The summed E-state index contributed by atoms with van der Waals surface area (Å²) in [6, 6.07) is 7.68. The summed E-state index contributed by atoms with van der Waals surface area (Å²) in [5, 5.41) is 10.4. The van der Waals surface area contributed by atoms with Crippen LogP contribution in [-0.2, 0) is 19.1 Å². The average Bonchev–Trinajstić information content (AvgIpc) is 3.06. The highest BCUT2D eigenvalue weighted by Gasteiger charge is 2.34. The number of rotatable bonds is 7. The van der Waals surface area contributed by atoms with Crippen molar-refractivity contribution in [1.29, 1.82) is 5.41 Å². The molecule has 2 atom stereocenters. The number of benzene rings is 1. The number of nitrogens with zero attached hydrogens (tertiary/aromatic N) is 1. The first-order valence-electron chi connectivity index (χ1n) is 9.64. The molecule has 1 aromatic rings. The number of nitrogens with one attached hydrogen (secondary N) is 2. The summed E-state index contributed by atoms with van der Waals surface area (Å²) in [5.74, 6) is -0.694. The fourth-order valence-electron chi connectivity index (χ4n) is 3.78. The lowest BCUT2D eigenvalue weighted by atomic mass is 10.0. The molecule has 3 rings (SSSR count). The van der Waals surface area contributed by atoms with Crippen LogP contribution in [0.15, 0.2) is 24.3 Å². The van der Waals surface area contributed by atoms with E-state index in [1.54, 1.807) is 0 Å². The molecule has 2 aliphatic heterocycles. The number of nitrogen functional groups attached to an aromatic ring is 1. The molecule has 1 amide bonds. The van der Waals surface area contributed by atoms with Gasteiger partial charge in [0.1, 0.15) is 5.84 Å². The van der Waals surface area contributed by atoms with Crippen molar-refractivity contribution >= 4 is 23.4 Å². The number of hydrogen-bond acceptors (Lipinski definition) is 6. The molecule has 0 spiro atoms. The maximum atomic E-state index is 12.0. The Balaban J connectivity index is 1.41. The van der Waals surface area contributed by atoms with Crippen molar-refractivity contribution in [3.8, 4) is 0 Å². The minimum Gasteiger partial charge on any atom is -0.469 e. The number of piperidine rings is 1. The van der Waals surface area contributed by atoms with Gasteiger partial charge < -0.3 is 25.4 Å². The van der Waals surface area contributed by atoms with E-state index in [-0.39, 0.29) is 42.2 Å². The van der Waals surface area contributed by atoms with Gasteiger partial charge in [-0.25, -0.2) is 0 Å². The van der Waals surface area contributed by atoms with Crippen molar-refractivity contribution in [1.82, 2.24) is 5.32 Å². The van der Waals surface area contributed by atoms with E-state index in [0.29, 0.717) is 13.0 Å². The highest BCUT2D eigenvalue weighted by molar-refractivity contribution is 5.95. The van der Waals surface area contributed by atoms with Gasteiger partial charge in [0.25, 0.3) is 0 Å². The third-order valence-corrected chi connectivity index (χ3v) is 5.45. The summed E-state index contributed by atoms with van der Waals surface area (Å²) < 4.78 is 10.7. The van der Waals surface area contributed by atoms with Gasteiger partial charge in [0.15, 0.2) is 0 Å². The molecule has 2 heterocycles. The number of amides is 1. The van der Waals surface area contributed by atoms with E-state index < -0.39 is 0 Å². The van der Waals surface area contributed by atoms with Gasteiger partial charge in [0.2, 0.25) is 5.91 Å².